The molecular formula is C19H17ClN2O5. The first-order chi connectivity index (χ1) is 12.9. The van der Waals surface area contributed by atoms with E-state index in [0.29, 0.717) is 16.5 Å². The molecule has 0 bridgehead atoms. The normalized spacial score (nSPS) is 15.5. The van der Waals surface area contributed by atoms with E-state index >= 15 is 0 Å². The molecule has 0 fully saturated rings. The molecule has 1 heterocycles. The van der Waals surface area contributed by atoms with Gasteiger partial charge in [0.25, 0.3) is 11.8 Å². The van der Waals surface area contributed by atoms with Gasteiger partial charge >= 0.3 is 0 Å². The van der Waals surface area contributed by atoms with Gasteiger partial charge in [-0.3, -0.25) is 14.4 Å². The van der Waals surface area contributed by atoms with Crippen LogP contribution in [0.3, 0.4) is 0 Å². The topological polar surface area (TPSA) is 98.9 Å². The number of hydrogen-bond acceptors (Lipinski definition) is 5. The number of benzene rings is 2. The van der Waals surface area contributed by atoms with Crippen molar-refractivity contribution in [2.24, 2.45) is 5.73 Å². The van der Waals surface area contributed by atoms with Crippen LogP contribution in [-0.4, -0.2) is 36.9 Å². The Bertz CT molecular complexity index is 915. The number of Topliss-reactive ketones (excluding diaryl/α,β-unsaturated/α-hetero) is 1. The highest BCUT2D eigenvalue weighted by molar-refractivity contribution is 6.31. The molecule has 2 aromatic rings. The smallest absolute Gasteiger partial charge is 0.265 e. The number of carbonyl (C=O) groups is 3. The second kappa shape index (κ2) is 7.67. The number of nitrogens with two attached hydrogens (primary N) is 1. The van der Waals surface area contributed by atoms with E-state index in [1.54, 1.807) is 30.3 Å². The second-order valence-electron chi connectivity index (χ2n) is 5.97. The van der Waals surface area contributed by atoms with Crippen LogP contribution in [0.15, 0.2) is 42.5 Å². The average Bonchev–Trinajstić information content (AvgIpc) is 2.65. The van der Waals surface area contributed by atoms with Crippen LogP contribution in [0.5, 0.6) is 11.5 Å². The number of ketones is 1. The van der Waals surface area contributed by atoms with Crippen molar-refractivity contribution in [3.05, 3.63) is 53.1 Å². The number of nitrogens with zero attached hydrogens (tertiary/aromatic N) is 1. The molecule has 0 unspecified atom stereocenters. The molecule has 0 radical (unpaired) electrons. The van der Waals surface area contributed by atoms with Gasteiger partial charge in [0.1, 0.15) is 11.5 Å². The van der Waals surface area contributed by atoms with E-state index in [2.05, 4.69) is 0 Å². The molecule has 27 heavy (non-hydrogen) atoms. The third-order valence-corrected chi connectivity index (χ3v) is 4.30. The zero-order chi connectivity index (χ0) is 19.6. The first kappa shape index (κ1) is 18.7. The van der Waals surface area contributed by atoms with Crippen molar-refractivity contribution in [2.75, 3.05) is 18.1 Å². The highest BCUT2D eigenvalue weighted by Gasteiger charge is 2.32. The summed E-state index contributed by atoms with van der Waals surface area (Å²) in [5, 5.41) is 0.394. The van der Waals surface area contributed by atoms with Crippen LogP contribution >= 0.6 is 11.6 Å². The van der Waals surface area contributed by atoms with Crippen molar-refractivity contribution >= 4 is 34.9 Å². The van der Waals surface area contributed by atoms with Crippen molar-refractivity contribution in [3.8, 4) is 11.5 Å². The molecule has 0 aliphatic carbocycles. The van der Waals surface area contributed by atoms with E-state index in [-0.39, 0.29) is 30.2 Å². The maximum absolute atomic E-state index is 12.7. The van der Waals surface area contributed by atoms with Gasteiger partial charge in [0.15, 0.2) is 18.5 Å². The van der Waals surface area contributed by atoms with Crippen LogP contribution in [0.2, 0.25) is 5.02 Å². The van der Waals surface area contributed by atoms with Crippen molar-refractivity contribution in [3.63, 3.8) is 0 Å². The quantitative estimate of drug-likeness (QED) is 0.791. The van der Waals surface area contributed by atoms with Crippen LogP contribution < -0.4 is 20.1 Å². The van der Waals surface area contributed by atoms with Crippen LogP contribution in [0.25, 0.3) is 0 Å². The third kappa shape index (κ3) is 4.03. The van der Waals surface area contributed by atoms with E-state index < -0.39 is 17.9 Å². The second-order valence-corrected chi connectivity index (χ2v) is 6.40. The number of anilines is 1. The molecule has 1 atom stereocenters. The summed E-state index contributed by atoms with van der Waals surface area (Å²) in [5.74, 6) is -0.656. The number of hydrogen-bond donors (Lipinski definition) is 1. The number of para-hydroxylation sites is 2. The summed E-state index contributed by atoms with van der Waals surface area (Å²) in [7, 11) is 0. The van der Waals surface area contributed by atoms with Crippen molar-refractivity contribution in [2.45, 2.75) is 13.0 Å². The molecule has 2 aromatic carbocycles. The molecule has 140 valence electrons. The average molecular weight is 389 g/mol. The lowest BCUT2D eigenvalue weighted by molar-refractivity contribution is -0.125. The van der Waals surface area contributed by atoms with E-state index in [1.807, 2.05) is 0 Å². The number of carbonyl (C=O) groups excluding carboxylic acids is 3. The molecule has 3 rings (SSSR count). The van der Waals surface area contributed by atoms with Crippen LogP contribution in [0, 0.1) is 0 Å². The van der Waals surface area contributed by atoms with Gasteiger partial charge < -0.3 is 20.1 Å². The standard InChI is InChI=1S/C19H17ClN2O5/c1-11(23)13-8-12(20)6-7-15(13)26-10-18(24)22-9-17(19(21)25)27-16-5-3-2-4-14(16)22/h2-8,17H,9-10H2,1H3,(H2,21,25)/t17-/m1/s1. The zero-order valence-electron chi connectivity index (χ0n) is 14.5. The van der Waals surface area contributed by atoms with Crippen molar-refractivity contribution in [1.82, 2.24) is 0 Å². The first-order valence-electron chi connectivity index (χ1n) is 8.15. The number of fused-ring (bicyclic) bond motifs is 1. The van der Waals surface area contributed by atoms with Gasteiger partial charge in [-0.25, -0.2) is 0 Å². The lowest BCUT2D eigenvalue weighted by Crippen LogP contribution is -2.50. The fourth-order valence-corrected chi connectivity index (χ4v) is 2.91. The van der Waals surface area contributed by atoms with E-state index in [4.69, 9.17) is 26.8 Å². The molecule has 0 aromatic heterocycles. The summed E-state index contributed by atoms with van der Waals surface area (Å²) in [5.41, 5.74) is 6.14. The number of primary amides is 1. The van der Waals surface area contributed by atoms with Gasteiger partial charge in [0.2, 0.25) is 0 Å². The van der Waals surface area contributed by atoms with Crippen LogP contribution in [0.1, 0.15) is 17.3 Å². The van der Waals surface area contributed by atoms with E-state index in [0.717, 1.165) is 0 Å². The summed E-state index contributed by atoms with van der Waals surface area (Å²) in [4.78, 5) is 37.4. The van der Waals surface area contributed by atoms with Gasteiger partial charge in [-0.1, -0.05) is 23.7 Å². The zero-order valence-corrected chi connectivity index (χ0v) is 15.2. The monoisotopic (exact) mass is 388 g/mol. The molecule has 2 N–H and O–H groups in total. The van der Waals surface area contributed by atoms with Gasteiger partial charge in [0, 0.05) is 5.02 Å². The SMILES string of the molecule is CC(=O)c1cc(Cl)ccc1OCC(=O)N1C[C@H](C(N)=O)Oc2ccccc21. The maximum atomic E-state index is 12.7. The molecule has 0 saturated carbocycles. The lowest BCUT2D eigenvalue weighted by atomic mass is 10.1. The number of amides is 2. The fraction of sp³-hybridized carbons (Fsp3) is 0.211. The Labute approximate surface area is 160 Å². The minimum Gasteiger partial charge on any atom is -0.483 e. The fourth-order valence-electron chi connectivity index (χ4n) is 2.74. The molecule has 1 aliphatic rings. The number of rotatable bonds is 5. The Morgan fingerprint density at radius 2 is 2.00 bits per heavy atom. The first-order valence-corrected chi connectivity index (χ1v) is 8.53. The Hall–Kier alpha value is -3.06. The highest BCUT2D eigenvalue weighted by atomic mass is 35.5. The molecular weight excluding hydrogens is 372 g/mol. The maximum Gasteiger partial charge on any atom is 0.265 e. The Balaban J connectivity index is 1.80. The van der Waals surface area contributed by atoms with Crippen molar-refractivity contribution in [1.29, 1.82) is 0 Å². The molecule has 0 saturated heterocycles. The van der Waals surface area contributed by atoms with Gasteiger partial charge in [-0.05, 0) is 37.3 Å². The van der Waals surface area contributed by atoms with Crippen LogP contribution in [0.4, 0.5) is 5.69 Å². The molecule has 1 aliphatic heterocycles. The lowest BCUT2D eigenvalue weighted by Gasteiger charge is -2.33. The van der Waals surface area contributed by atoms with Gasteiger partial charge in [-0.15, -0.1) is 0 Å². The summed E-state index contributed by atoms with van der Waals surface area (Å²) in [6.45, 7) is 1.03. The molecule has 0 spiro atoms. The summed E-state index contributed by atoms with van der Waals surface area (Å²) in [6, 6.07) is 11.4. The summed E-state index contributed by atoms with van der Waals surface area (Å²) < 4.78 is 11.1. The minimum absolute atomic E-state index is 0.0191. The predicted octanol–water partition coefficient (Wildman–Crippen LogP) is 2.20. The third-order valence-electron chi connectivity index (χ3n) is 4.06. The predicted molar refractivity (Wildman–Crippen MR) is 99.4 cm³/mol. The van der Waals surface area contributed by atoms with Crippen molar-refractivity contribution < 1.29 is 23.9 Å². The molecule has 2 amide bonds. The van der Waals surface area contributed by atoms with Gasteiger partial charge in [0.05, 0.1) is 17.8 Å². The van der Waals surface area contributed by atoms with E-state index in [1.165, 1.54) is 24.0 Å². The minimum atomic E-state index is -0.952. The number of halogens is 1. The van der Waals surface area contributed by atoms with Crippen LogP contribution in [-0.2, 0) is 9.59 Å². The largest absolute Gasteiger partial charge is 0.483 e. The summed E-state index contributed by atoms with van der Waals surface area (Å²) >= 11 is 5.91. The van der Waals surface area contributed by atoms with E-state index in [9.17, 15) is 14.4 Å². The Kier molecular flexibility index (Phi) is 5.32. The highest BCUT2D eigenvalue weighted by Crippen LogP contribution is 2.33. The Morgan fingerprint density at radius 1 is 1.26 bits per heavy atom. The molecule has 7 nitrogen and oxygen atoms in total. The number of ether oxygens (including phenoxy) is 2. The molecule has 8 heteroatoms. The summed E-state index contributed by atoms with van der Waals surface area (Å²) in [6.07, 6.45) is -0.952. The van der Waals surface area contributed by atoms with Gasteiger partial charge in [-0.2, -0.15) is 0 Å². The Morgan fingerprint density at radius 3 is 2.70 bits per heavy atom.